The summed E-state index contributed by atoms with van der Waals surface area (Å²) in [4.78, 5) is 7.19. The molecule has 0 spiro atoms. The van der Waals surface area contributed by atoms with Crippen molar-refractivity contribution in [3.05, 3.63) is 90.1 Å². The molecule has 2 aromatic carbocycles. The topological polar surface area (TPSA) is 28.2 Å². The van der Waals surface area contributed by atoms with E-state index >= 15 is 0 Å². The van der Waals surface area contributed by atoms with Crippen molar-refractivity contribution in [3.8, 4) is 0 Å². The van der Waals surface area contributed by atoms with E-state index in [4.69, 9.17) is 0 Å². The van der Waals surface area contributed by atoms with Crippen LogP contribution in [0.25, 0.3) is 0 Å². The van der Waals surface area contributed by atoms with E-state index in [0.717, 1.165) is 24.6 Å². The molecule has 0 bridgehead atoms. The maximum Gasteiger partial charge on any atom is 0.130 e. The van der Waals surface area contributed by atoms with Crippen molar-refractivity contribution in [1.29, 1.82) is 0 Å². The molecule has 0 radical (unpaired) electrons. The summed E-state index contributed by atoms with van der Waals surface area (Å²) >= 11 is 0. The molecule has 0 saturated carbocycles. The van der Waals surface area contributed by atoms with Gasteiger partial charge in [0.05, 0.1) is 0 Å². The molecule has 1 saturated heterocycles. The molecule has 126 valence electrons. The minimum absolute atomic E-state index is 0.471. The highest BCUT2D eigenvalue weighted by atomic mass is 15.2. The van der Waals surface area contributed by atoms with Gasteiger partial charge in [0.1, 0.15) is 5.82 Å². The number of rotatable bonds is 5. The zero-order valence-corrected chi connectivity index (χ0v) is 14.3. The molecule has 1 N–H and O–H groups in total. The molecule has 0 amide bonds. The molecule has 1 aliphatic heterocycles. The SMILES string of the molecule is c1ccc(CN2CCC[C@@H]2c2ccc(Nc3ccccc3)nc2)cc1. The molecule has 3 nitrogen and oxygen atoms in total. The number of hydrogen-bond donors (Lipinski definition) is 1. The number of nitrogens with zero attached hydrogens (tertiary/aromatic N) is 2. The van der Waals surface area contributed by atoms with Crippen molar-refractivity contribution in [2.45, 2.75) is 25.4 Å². The van der Waals surface area contributed by atoms with Gasteiger partial charge in [0.15, 0.2) is 0 Å². The number of hydrogen-bond acceptors (Lipinski definition) is 3. The van der Waals surface area contributed by atoms with Crippen LogP contribution in [0, 0.1) is 0 Å². The fourth-order valence-corrected chi connectivity index (χ4v) is 3.56. The Morgan fingerprint density at radius 2 is 1.68 bits per heavy atom. The Balaban J connectivity index is 1.45. The van der Waals surface area contributed by atoms with E-state index in [2.05, 4.69) is 57.7 Å². The smallest absolute Gasteiger partial charge is 0.130 e. The van der Waals surface area contributed by atoms with Crippen molar-refractivity contribution < 1.29 is 0 Å². The molecule has 0 aliphatic carbocycles. The third-order valence-electron chi connectivity index (χ3n) is 4.81. The predicted octanol–water partition coefficient (Wildman–Crippen LogP) is 5.16. The van der Waals surface area contributed by atoms with Crippen LogP contribution in [-0.2, 0) is 6.54 Å². The summed E-state index contributed by atoms with van der Waals surface area (Å²) < 4.78 is 0. The van der Waals surface area contributed by atoms with Crippen LogP contribution < -0.4 is 5.32 Å². The number of anilines is 2. The standard InChI is InChI=1S/C22H23N3/c1-3-8-18(9-4-1)17-25-15-7-12-21(25)19-13-14-22(23-16-19)24-20-10-5-2-6-11-20/h1-6,8-11,13-14,16,21H,7,12,15,17H2,(H,23,24)/t21-/m1/s1. The van der Waals surface area contributed by atoms with Gasteiger partial charge in [-0.05, 0) is 48.7 Å². The van der Waals surface area contributed by atoms with Gasteiger partial charge in [0.25, 0.3) is 0 Å². The van der Waals surface area contributed by atoms with Gasteiger partial charge < -0.3 is 5.32 Å². The molecular weight excluding hydrogens is 306 g/mol. The molecule has 4 rings (SSSR count). The van der Waals surface area contributed by atoms with Gasteiger partial charge in [0.2, 0.25) is 0 Å². The van der Waals surface area contributed by atoms with Gasteiger partial charge in [-0.3, -0.25) is 4.90 Å². The van der Waals surface area contributed by atoms with Gasteiger partial charge in [-0.25, -0.2) is 4.98 Å². The maximum absolute atomic E-state index is 4.62. The van der Waals surface area contributed by atoms with E-state index < -0.39 is 0 Å². The van der Waals surface area contributed by atoms with Gasteiger partial charge in [-0.1, -0.05) is 54.6 Å². The first-order chi connectivity index (χ1) is 12.4. The summed E-state index contributed by atoms with van der Waals surface area (Å²) in [7, 11) is 0. The zero-order chi connectivity index (χ0) is 16.9. The van der Waals surface area contributed by atoms with Crippen LogP contribution in [0.15, 0.2) is 79.0 Å². The zero-order valence-electron chi connectivity index (χ0n) is 14.3. The Kier molecular flexibility index (Phi) is 4.75. The quantitative estimate of drug-likeness (QED) is 0.700. The van der Waals surface area contributed by atoms with Crippen LogP contribution in [0.3, 0.4) is 0 Å². The van der Waals surface area contributed by atoms with E-state index in [-0.39, 0.29) is 0 Å². The molecule has 1 fully saturated rings. The van der Waals surface area contributed by atoms with Crippen LogP contribution >= 0.6 is 0 Å². The lowest BCUT2D eigenvalue weighted by molar-refractivity contribution is 0.248. The molecule has 1 aliphatic rings. The fraction of sp³-hybridized carbons (Fsp3) is 0.227. The lowest BCUT2D eigenvalue weighted by atomic mass is 10.1. The maximum atomic E-state index is 4.62. The molecule has 1 atom stereocenters. The monoisotopic (exact) mass is 329 g/mol. The summed E-state index contributed by atoms with van der Waals surface area (Å²) in [6.07, 6.45) is 4.49. The largest absolute Gasteiger partial charge is 0.340 e. The number of pyridine rings is 1. The Hall–Kier alpha value is -2.65. The third kappa shape index (κ3) is 3.89. The van der Waals surface area contributed by atoms with Gasteiger partial charge in [-0.2, -0.15) is 0 Å². The van der Waals surface area contributed by atoms with Crippen molar-refractivity contribution in [2.24, 2.45) is 0 Å². The Morgan fingerprint density at radius 1 is 0.920 bits per heavy atom. The molecule has 25 heavy (non-hydrogen) atoms. The lowest BCUT2D eigenvalue weighted by Crippen LogP contribution is -2.22. The van der Waals surface area contributed by atoms with E-state index in [1.54, 1.807) is 0 Å². The second-order valence-electron chi connectivity index (χ2n) is 6.58. The normalized spacial score (nSPS) is 17.5. The Labute approximate surface area is 149 Å². The van der Waals surface area contributed by atoms with Crippen molar-refractivity contribution in [3.63, 3.8) is 0 Å². The highest BCUT2D eigenvalue weighted by Gasteiger charge is 2.26. The van der Waals surface area contributed by atoms with Crippen molar-refractivity contribution >= 4 is 11.5 Å². The van der Waals surface area contributed by atoms with Crippen LogP contribution in [0.5, 0.6) is 0 Å². The van der Waals surface area contributed by atoms with E-state index in [1.165, 1.54) is 24.0 Å². The average Bonchev–Trinajstić information content (AvgIpc) is 3.12. The van der Waals surface area contributed by atoms with Crippen molar-refractivity contribution in [1.82, 2.24) is 9.88 Å². The first kappa shape index (κ1) is 15.9. The summed E-state index contributed by atoms with van der Waals surface area (Å²) in [6.45, 7) is 2.17. The summed E-state index contributed by atoms with van der Waals surface area (Å²) in [5.41, 5.74) is 3.76. The van der Waals surface area contributed by atoms with E-state index in [9.17, 15) is 0 Å². The Morgan fingerprint density at radius 3 is 2.40 bits per heavy atom. The number of aromatic nitrogens is 1. The molecule has 0 unspecified atom stereocenters. The minimum Gasteiger partial charge on any atom is -0.340 e. The molecule has 2 heterocycles. The number of nitrogens with one attached hydrogen (secondary N) is 1. The third-order valence-corrected chi connectivity index (χ3v) is 4.81. The van der Waals surface area contributed by atoms with Crippen LogP contribution in [0.4, 0.5) is 11.5 Å². The minimum atomic E-state index is 0.471. The lowest BCUT2D eigenvalue weighted by Gasteiger charge is -2.24. The molecular formula is C22H23N3. The second-order valence-corrected chi connectivity index (χ2v) is 6.58. The summed E-state index contributed by atoms with van der Waals surface area (Å²) in [5, 5.41) is 3.35. The molecule has 3 heteroatoms. The number of para-hydroxylation sites is 1. The first-order valence-electron chi connectivity index (χ1n) is 8.94. The number of benzene rings is 2. The first-order valence-corrected chi connectivity index (χ1v) is 8.94. The Bertz CT molecular complexity index is 785. The number of likely N-dealkylation sites (tertiary alicyclic amines) is 1. The fourth-order valence-electron chi connectivity index (χ4n) is 3.56. The van der Waals surface area contributed by atoms with Crippen LogP contribution in [-0.4, -0.2) is 16.4 Å². The van der Waals surface area contributed by atoms with Crippen LogP contribution in [0.1, 0.15) is 30.0 Å². The average molecular weight is 329 g/mol. The van der Waals surface area contributed by atoms with Gasteiger partial charge in [-0.15, -0.1) is 0 Å². The van der Waals surface area contributed by atoms with E-state index in [0.29, 0.717) is 6.04 Å². The van der Waals surface area contributed by atoms with Crippen LogP contribution in [0.2, 0.25) is 0 Å². The second kappa shape index (κ2) is 7.49. The van der Waals surface area contributed by atoms with Gasteiger partial charge in [0, 0.05) is 24.5 Å². The summed E-state index contributed by atoms with van der Waals surface area (Å²) in [6, 6.07) is 25.7. The molecule has 1 aromatic heterocycles. The van der Waals surface area contributed by atoms with Gasteiger partial charge >= 0.3 is 0 Å². The highest BCUT2D eigenvalue weighted by molar-refractivity contribution is 5.55. The summed E-state index contributed by atoms with van der Waals surface area (Å²) in [5.74, 6) is 0.891. The highest BCUT2D eigenvalue weighted by Crippen LogP contribution is 2.33. The van der Waals surface area contributed by atoms with Crippen molar-refractivity contribution in [2.75, 3.05) is 11.9 Å². The molecule has 3 aromatic rings. The van der Waals surface area contributed by atoms with E-state index in [1.807, 2.05) is 36.5 Å². The predicted molar refractivity (Wildman–Crippen MR) is 103 cm³/mol.